The van der Waals surface area contributed by atoms with Crippen LogP contribution in [0.2, 0.25) is 0 Å². The molecule has 0 fully saturated rings. The Labute approximate surface area is 93.8 Å². The van der Waals surface area contributed by atoms with Crippen molar-refractivity contribution >= 4 is 49.8 Å². The number of ether oxygens (including phenoxy) is 1. The van der Waals surface area contributed by atoms with Crippen LogP contribution in [0.3, 0.4) is 0 Å². The molecule has 0 atom stereocenters. The van der Waals surface area contributed by atoms with E-state index in [4.69, 9.17) is 10.2 Å². The third-order valence-electron chi connectivity index (χ3n) is 0.740. The fourth-order valence-corrected chi connectivity index (χ4v) is 0.372. The Hall–Kier alpha value is 0.0948. The molecule has 62 valence electrons. The monoisotopic (exact) mass is 164 g/mol. The van der Waals surface area contributed by atoms with Crippen molar-refractivity contribution in [1.82, 2.24) is 0 Å². The van der Waals surface area contributed by atoms with Gasteiger partial charge in [0.1, 0.15) is 0 Å². The van der Waals surface area contributed by atoms with E-state index < -0.39 is 12.1 Å². The van der Waals surface area contributed by atoms with E-state index in [1.807, 2.05) is 0 Å². The van der Waals surface area contributed by atoms with Gasteiger partial charge in [-0.3, -0.25) is 4.79 Å². The summed E-state index contributed by atoms with van der Waals surface area (Å²) in [7, 11) is 0. The number of hydrogen-bond donors (Lipinski definition) is 2. The number of hydrogen-bond acceptors (Lipinski definition) is 4. The molecule has 0 amide bonds. The number of esters is 1. The third-order valence-corrected chi connectivity index (χ3v) is 0.740. The molecule has 2 N–H and O–H groups in total. The van der Waals surface area contributed by atoms with Gasteiger partial charge in [0.2, 0.25) is 0 Å². The zero-order chi connectivity index (χ0) is 7.98. The Morgan fingerprint density at radius 1 is 1.25 bits per heavy atom. The summed E-state index contributed by atoms with van der Waals surface area (Å²) in [4.78, 5) is 20.0. The molecule has 0 aromatic heterocycles. The van der Waals surface area contributed by atoms with Crippen molar-refractivity contribution in [3.05, 3.63) is 0 Å². The van der Waals surface area contributed by atoms with Crippen LogP contribution in [0.5, 0.6) is 0 Å². The molecule has 12 heavy (non-hydrogen) atoms. The number of carbonyl (C=O) groups excluding carboxylic acids is 1. The van der Waals surface area contributed by atoms with Crippen molar-refractivity contribution in [2.45, 2.75) is 12.8 Å². The first-order chi connectivity index (χ1) is 4.66. The quantitative estimate of drug-likeness (QED) is 0.307. The molecule has 0 saturated carbocycles. The Bertz CT molecular complexity index is 138. The van der Waals surface area contributed by atoms with E-state index >= 15 is 0 Å². The summed E-state index contributed by atoms with van der Waals surface area (Å²) >= 11 is 0. The maximum atomic E-state index is 10.3. The molecule has 0 bridgehead atoms. The van der Waals surface area contributed by atoms with Crippen LogP contribution in [0.4, 0.5) is 4.79 Å². The molecule has 0 saturated heterocycles. The van der Waals surface area contributed by atoms with Crippen LogP contribution < -0.4 is 0 Å². The van der Waals surface area contributed by atoms with Crippen molar-refractivity contribution in [3.63, 3.8) is 0 Å². The Morgan fingerprint density at radius 3 is 2.08 bits per heavy atom. The van der Waals surface area contributed by atoms with Gasteiger partial charge >= 0.3 is 49.8 Å². The molecule has 0 radical (unpaired) electrons. The molecule has 0 rings (SSSR count). The average Bonchev–Trinajstić information content (AvgIpc) is 1.82. The van der Waals surface area contributed by atoms with E-state index in [1.54, 1.807) is 0 Å². The second-order valence-corrected chi connectivity index (χ2v) is 1.57. The van der Waals surface area contributed by atoms with Crippen molar-refractivity contribution in [3.8, 4) is 0 Å². The molecule has 0 aliphatic heterocycles. The Balaban J connectivity index is -0.000000405. The third kappa shape index (κ3) is 12.7. The fraction of sp³-hybridized carbons (Fsp3) is 0.600. The zero-order valence-electron chi connectivity index (χ0n) is 5.24. The summed E-state index contributed by atoms with van der Waals surface area (Å²) in [6.07, 6.45) is -1.45. The van der Waals surface area contributed by atoms with Gasteiger partial charge in [0.15, 0.2) is 0 Å². The molecule has 0 aliphatic carbocycles. The van der Waals surface area contributed by atoms with Gasteiger partial charge in [0.25, 0.3) is 0 Å². The Morgan fingerprint density at radius 2 is 1.75 bits per heavy atom. The minimum absolute atomic E-state index is 0. The summed E-state index contributed by atoms with van der Waals surface area (Å²) in [5.41, 5.74) is 0. The SMILES string of the molecule is O=C(O)OC(=O)CCCO.[LiH].[LiH]. The number of carboxylic acid groups (broad SMARTS) is 1. The van der Waals surface area contributed by atoms with Crippen LogP contribution in [0.15, 0.2) is 0 Å². The summed E-state index contributed by atoms with van der Waals surface area (Å²) < 4.78 is 3.72. The molecule has 5 nitrogen and oxygen atoms in total. The predicted octanol–water partition coefficient (Wildman–Crippen LogP) is -1.32. The van der Waals surface area contributed by atoms with Gasteiger partial charge in [-0.25, -0.2) is 4.79 Å². The van der Waals surface area contributed by atoms with E-state index in [9.17, 15) is 9.59 Å². The van der Waals surface area contributed by atoms with Gasteiger partial charge in [-0.05, 0) is 6.42 Å². The summed E-state index contributed by atoms with van der Waals surface area (Å²) in [5, 5.41) is 16.1. The first-order valence-corrected chi connectivity index (χ1v) is 2.71. The standard InChI is InChI=1S/C5H8O5.2Li.2H/c6-3-1-2-4(7)10-5(8)9;;;;/h6H,1-3H2,(H,8,9);;;;. The van der Waals surface area contributed by atoms with E-state index in [0.29, 0.717) is 0 Å². The van der Waals surface area contributed by atoms with Crippen molar-refractivity contribution in [1.29, 1.82) is 0 Å². The van der Waals surface area contributed by atoms with Crippen molar-refractivity contribution in [2.75, 3.05) is 6.61 Å². The van der Waals surface area contributed by atoms with Gasteiger partial charge in [0, 0.05) is 13.0 Å². The molecule has 7 heteroatoms. The van der Waals surface area contributed by atoms with E-state index in [1.165, 1.54) is 0 Å². The summed E-state index contributed by atoms with van der Waals surface area (Å²) in [6.45, 7) is -0.144. The van der Waals surface area contributed by atoms with Gasteiger partial charge in [-0.2, -0.15) is 0 Å². The number of rotatable bonds is 3. The normalized spacial score (nSPS) is 7.42. The molecule has 0 spiro atoms. The average molecular weight is 164 g/mol. The van der Waals surface area contributed by atoms with Gasteiger partial charge in [0.05, 0.1) is 0 Å². The molecule has 0 heterocycles. The van der Waals surface area contributed by atoms with Gasteiger partial charge in [-0.15, -0.1) is 0 Å². The summed E-state index contributed by atoms with van der Waals surface area (Å²) in [5.74, 6) is -0.832. The van der Waals surface area contributed by atoms with Gasteiger partial charge < -0.3 is 14.9 Å². The number of carbonyl (C=O) groups is 2. The van der Waals surface area contributed by atoms with Crippen molar-refractivity contribution in [2.24, 2.45) is 0 Å². The molecule has 0 aliphatic rings. The first kappa shape index (κ1) is 18.0. The molecule has 0 aromatic carbocycles. The second-order valence-electron chi connectivity index (χ2n) is 1.57. The molecule has 0 aromatic rings. The summed E-state index contributed by atoms with van der Waals surface area (Å²) in [6, 6.07) is 0. The van der Waals surface area contributed by atoms with E-state index in [-0.39, 0.29) is 57.2 Å². The van der Waals surface area contributed by atoms with Crippen LogP contribution in [0, 0.1) is 0 Å². The number of aliphatic hydroxyl groups excluding tert-OH is 1. The second kappa shape index (κ2) is 11.1. The number of aliphatic hydroxyl groups is 1. The van der Waals surface area contributed by atoms with E-state index in [0.717, 1.165) is 0 Å². The minimum atomic E-state index is -1.61. The topological polar surface area (TPSA) is 83.8 Å². The Kier molecular flexibility index (Phi) is 16.6. The fourth-order valence-electron chi connectivity index (χ4n) is 0.372. The van der Waals surface area contributed by atoms with Crippen LogP contribution in [0.25, 0.3) is 0 Å². The molecular weight excluding hydrogens is 154 g/mol. The molecule has 0 unspecified atom stereocenters. The predicted molar refractivity (Wildman–Crippen MR) is 44.7 cm³/mol. The molecular formula is C5H10Li2O5. The van der Waals surface area contributed by atoms with Crippen LogP contribution >= 0.6 is 0 Å². The zero-order valence-corrected chi connectivity index (χ0v) is 5.24. The first-order valence-electron chi connectivity index (χ1n) is 2.71. The maximum absolute atomic E-state index is 10.3. The van der Waals surface area contributed by atoms with Crippen molar-refractivity contribution < 1.29 is 24.5 Å². The van der Waals surface area contributed by atoms with Crippen LogP contribution in [-0.4, -0.2) is 66.7 Å². The van der Waals surface area contributed by atoms with Gasteiger partial charge in [-0.1, -0.05) is 0 Å². The van der Waals surface area contributed by atoms with E-state index in [2.05, 4.69) is 4.74 Å². The van der Waals surface area contributed by atoms with Crippen LogP contribution in [-0.2, 0) is 9.53 Å². The van der Waals surface area contributed by atoms with Crippen LogP contribution in [0.1, 0.15) is 12.8 Å².